The van der Waals surface area contributed by atoms with Crippen LogP contribution in [0.3, 0.4) is 0 Å². The Morgan fingerprint density at radius 2 is 1.25 bits per heavy atom. The van der Waals surface area contributed by atoms with Gasteiger partial charge in [0.25, 0.3) is 0 Å². The maximum absolute atomic E-state index is 4.64. The van der Waals surface area contributed by atoms with Crippen molar-refractivity contribution in [1.82, 2.24) is 0 Å². The molecule has 0 aliphatic rings. The topological polar surface area (TPSA) is 0 Å². The Balaban J connectivity index is 0. The first-order valence-corrected chi connectivity index (χ1v) is 1.31. The molecule has 0 fully saturated rings. The van der Waals surface area contributed by atoms with Crippen LogP contribution in [0.15, 0.2) is 0 Å². The first-order valence-electron chi connectivity index (χ1n) is 0.436. The van der Waals surface area contributed by atoms with Gasteiger partial charge < -0.3 is 23.2 Å². The third-order valence-corrected chi connectivity index (χ3v) is 0. The Labute approximate surface area is 45.9 Å². The third kappa shape index (κ3) is 11.3. The molecule has 0 radical (unpaired) electrons. The molecule has 3 heteroatoms. The van der Waals surface area contributed by atoms with Gasteiger partial charge in [-0.25, -0.2) is 0 Å². The number of rotatable bonds is 0. The van der Waals surface area contributed by atoms with E-state index in [0.29, 0.717) is 0 Å². The van der Waals surface area contributed by atoms with Gasteiger partial charge >= 0.3 is 17.1 Å². The molecule has 0 aromatic heterocycles. The fraction of sp³-hybridized carbons (Fsp3) is 0. The Morgan fingerprint density at radius 1 is 1.25 bits per heavy atom. The SMILES string of the molecule is Cl[CH-]Cl.[Cu+]. The van der Waals surface area contributed by atoms with Crippen molar-refractivity contribution in [3.63, 3.8) is 0 Å². The van der Waals surface area contributed by atoms with Crippen LogP contribution in [0.1, 0.15) is 0 Å². The molecule has 0 amide bonds. The van der Waals surface area contributed by atoms with Crippen molar-refractivity contribution in [1.29, 1.82) is 0 Å². The van der Waals surface area contributed by atoms with Crippen molar-refractivity contribution < 1.29 is 17.1 Å². The Kier molecular flexibility index (Phi) is 19.9. The van der Waals surface area contributed by atoms with E-state index < -0.39 is 0 Å². The molecule has 0 aliphatic carbocycles. The minimum absolute atomic E-state index is 0. The first kappa shape index (κ1) is 8.92. The van der Waals surface area contributed by atoms with Crippen LogP contribution >= 0.6 is 23.2 Å². The molecule has 0 aliphatic heterocycles. The molecule has 0 unspecified atom stereocenters. The Bertz CT molecular complexity index is 6.00. The summed E-state index contributed by atoms with van der Waals surface area (Å²) in [7, 11) is 0. The minimum Gasteiger partial charge on any atom is -0.333 e. The molecular weight excluding hydrogens is 146 g/mol. The van der Waals surface area contributed by atoms with Crippen LogP contribution in [0, 0.1) is 5.34 Å². The van der Waals surface area contributed by atoms with Crippen molar-refractivity contribution in [3.8, 4) is 0 Å². The first-order chi connectivity index (χ1) is 1.41. The summed E-state index contributed by atoms with van der Waals surface area (Å²) >= 11 is 9.28. The van der Waals surface area contributed by atoms with E-state index >= 15 is 0 Å². The Hall–Kier alpha value is 1.10. The van der Waals surface area contributed by atoms with Gasteiger partial charge in [0.05, 0.1) is 0 Å². The second-order valence-electron chi connectivity index (χ2n) is 0.0825. The molecule has 30 valence electrons. The summed E-state index contributed by atoms with van der Waals surface area (Å²) in [5.74, 6) is 0. The fourth-order valence-corrected chi connectivity index (χ4v) is 0. The van der Waals surface area contributed by atoms with E-state index in [9.17, 15) is 0 Å². The van der Waals surface area contributed by atoms with Crippen molar-refractivity contribution >= 4 is 23.2 Å². The van der Waals surface area contributed by atoms with Gasteiger partial charge in [0.15, 0.2) is 0 Å². The molecule has 0 aromatic carbocycles. The fourth-order valence-electron chi connectivity index (χ4n) is 0. The van der Waals surface area contributed by atoms with E-state index in [2.05, 4.69) is 23.2 Å². The zero-order valence-corrected chi connectivity index (χ0v) is 4.09. The predicted molar refractivity (Wildman–Crippen MR) is 16.0 cm³/mol. The molecule has 0 rings (SSSR count). The molecule has 0 spiro atoms. The molecule has 0 nitrogen and oxygen atoms in total. The molecule has 0 heterocycles. The second kappa shape index (κ2) is 8.93. The zero-order chi connectivity index (χ0) is 2.71. The smallest absolute Gasteiger partial charge is 0.333 e. The monoisotopic (exact) mass is 146 g/mol. The van der Waals surface area contributed by atoms with Gasteiger partial charge in [0.2, 0.25) is 0 Å². The molecule has 0 atom stereocenters. The van der Waals surface area contributed by atoms with Gasteiger partial charge in [-0.1, -0.05) is 0 Å². The van der Waals surface area contributed by atoms with Crippen molar-refractivity contribution in [3.05, 3.63) is 5.34 Å². The van der Waals surface area contributed by atoms with Crippen molar-refractivity contribution in [2.45, 2.75) is 0 Å². The molecule has 0 saturated carbocycles. The van der Waals surface area contributed by atoms with Crippen LogP contribution < -0.4 is 0 Å². The summed E-state index contributed by atoms with van der Waals surface area (Å²) in [5, 5.41) is 0.944. The zero-order valence-electron chi connectivity index (χ0n) is 1.63. The van der Waals surface area contributed by atoms with Crippen LogP contribution in [0.25, 0.3) is 0 Å². The van der Waals surface area contributed by atoms with Crippen LogP contribution in [0.2, 0.25) is 0 Å². The molecule has 0 saturated heterocycles. The maximum Gasteiger partial charge on any atom is 1.00 e. The second-order valence-corrected chi connectivity index (χ2v) is 0.742. The normalized spacial score (nSPS) is 4.50. The summed E-state index contributed by atoms with van der Waals surface area (Å²) in [4.78, 5) is 0. The van der Waals surface area contributed by atoms with Crippen molar-refractivity contribution in [2.24, 2.45) is 0 Å². The average molecular weight is 147 g/mol. The molecular formula is CHCl2Cu. The summed E-state index contributed by atoms with van der Waals surface area (Å²) in [5.41, 5.74) is 0. The Morgan fingerprint density at radius 3 is 1.25 bits per heavy atom. The average Bonchev–Trinajstić information content (AvgIpc) is 0.918. The third-order valence-electron chi connectivity index (χ3n) is 0. The quantitative estimate of drug-likeness (QED) is 0.361. The number of halogens is 2. The van der Waals surface area contributed by atoms with E-state index in [1.807, 2.05) is 0 Å². The van der Waals surface area contributed by atoms with Crippen LogP contribution in [-0.4, -0.2) is 0 Å². The summed E-state index contributed by atoms with van der Waals surface area (Å²) < 4.78 is 0. The molecule has 0 bridgehead atoms. The molecule has 4 heavy (non-hydrogen) atoms. The number of hydrogen-bond acceptors (Lipinski definition) is 0. The van der Waals surface area contributed by atoms with Crippen LogP contribution in [0.5, 0.6) is 0 Å². The standard InChI is InChI=1S/CHCl2.Cu/c2-1-3;/h1H;/q-1;+1. The summed E-state index contributed by atoms with van der Waals surface area (Å²) in [6.45, 7) is 0. The van der Waals surface area contributed by atoms with Gasteiger partial charge in [-0.2, -0.15) is 5.34 Å². The van der Waals surface area contributed by atoms with Crippen LogP contribution in [-0.2, 0) is 17.1 Å². The van der Waals surface area contributed by atoms with Gasteiger partial charge in [-0.05, 0) is 0 Å². The maximum atomic E-state index is 4.64. The van der Waals surface area contributed by atoms with Crippen molar-refractivity contribution in [2.75, 3.05) is 0 Å². The van der Waals surface area contributed by atoms with Gasteiger partial charge in [-0.3, -0.25) is 0 Å². The summed E-state index contributed by atoms with van der Waals surface area (Å²) in [6.07, 6.45) is 0. The molecule has 0 N–H and O–H groups in total. The van der Waals surface area contributed by atoms with E-state index in [-0.39, 0.29) is 17.1 Å². The number of hydrogen-bond donors (Lipinski definition) is 0. The van der Waals surface area contributed by atoms with E-state index in [1.165, 1.54) is 0 Å². The predicted octanol–water partition coefficient (Wildman–Crippen LogP) is 1.58. The van der Waals surface area contributed by atoms with Gasteiger partial charge in [0.1, 0.15) is 0 Å². The van der Waals surface area contributed by atoms with E-state index in [0.717, 1.165) is 5.34 Å². The van der Waals surface area contributed by atoms with Gasteiger partial charge in [0, 0.05) is 0 Å². The summed E-state index contributed by atoms with van der Waals surface area (Å²) in [6, 6.07) is 0. The largest absolute Gasteiger partial charge is 1.00 e. The van der Waals surface area contributed by atoms with Gasteiger partial charge in [-0.15, -0.1) is 0 Å². The molecule has 0 aromatic rings. The van der Waals surface area contributed by atoms with Crippen LogP contribution in [0.4, 0.5) is 0 Å². The van der Waals surface area contributed by atoms with E-state index in [4.69, 9.17) is 0 Å². The minimum atomic E-state index is 0. The van der Waals surface area contributed by atoms with E-state index in [1.54, 1.807) is 0 Å².